The molecule has 0 spiro atoms. The van der Waals surface area contributed by atoms with Crippen molar-refractivity contribution in [1.82, 2.24) is 10.3 Å². The highest BCUT2D eigenvalue weighted by Gasteiger charge is 2.14. The number of aryl methyl sites for hydroxylation is 2. The number of rotatable bonds is 3. The zero-order chi connectivity index (χ0) is 22.1. The molecule has 0 aliphatic rings. The first-order valence-electron chi connectivity index (χ1n) is 9.35. The summed E-state index contributed by atoms with van der Waals surface area (Å²) in [5, 5.41) is 6.39. The summed E-state index contributed by atoms with van der Waals surface area (Å²) >= 11 is 17.3. The Morgan fingerprint density at radius 3 is 2.48 bits per heavy atom. The molecular weight excluding hydrogens is 453 g/mol. The average Bonchev–Trinajstić information content (AvgIpc) is 3.12. The minimum absolute atomic E-state index is 0.124. The third kappa shape index (κ3) is 4.88. The van der Waals surface area contributed by atoms with Crippen molar-refractivity contribution in [2.24, 2.45) is 0 Å². The third-order valence-corrected chi connectivity index (χ3v) is 5.28. The molecule has 0 aliphatic carbocycles. The topological polar surface area (TPSA) is 67.2 Å². The van der Waals surface area contributed by atoms with Crippen LogP contribution in [0.1, 0.15) is 21.5 Å². The first-order chi connectivity index (χ1) is 14.8. The van der Waals surface area contributed by atoms with E-state index in [-0.39, 0.29) is 15.7 Å². The normalized spacial score (nSPS) is 10.8. The average molecular weight is 470 g/mol. The summed E-state index contributed by atoms with van der Waals surface area (Å²) in [7, 11) is 0. The largest absolute Gasteiger partial charge is 0.436 e. The maximum atomic E-state index is 12.4. The van der Waals surface area contributed by atoms with Crippen LogP contribution in [0.2, 0.25) is 10.0 Å². The van der Waals surface area contributed by atoms with Crippen molar-refractivity contribution in [1.29, 1.82) is 0 Å². The van der Waals surface area contributed by atoms with Gasteiger partial charge in [0.05, 0.1) is 10.6 Å². The summed E-state index contributed by atoms with van der Waals surface area (Å²) in [6.07, 6.45) is 0. The number of thiocarbonyl (C=S) groups is 1. The molecule has 3 aromatic carbocycles. The quantitative estimate of drug-likeness (QED) is 0.333. The lowest BCUT2D eigenvalue weighted by molar-refractivity contribution is 0.0978. The van der Waals surface area contributed by atoms with Crippen molar-refractivity contribution in [3.63, 3.8) is 0 Å². The van der Waals surface area contributed by atoms with Gasteiger partial charge in [-0.05, 0) is 74.6 Å². The summed E-state index contributed by atoms with van der Waals surface area (Å²) in [6.45, 7) is 4.07. The maximum Gasteiger partial charge on any atom is 0.258 e. The number of aromatic nitrogens is 1. The van der Waals surface area contributed by atoms with Crippen molar-refractivity contribution in [2.75, 3.05) is 5.32 Å². The molecule has 1 heterocycles. The number of hydrogen-bond acceptors (Lipinski definition) is 4. The molecule has 31 heavy (non-hydrogen) atoms. The number of nitrogens with zero attached hydrogens (tertiary/aromatic N) is 1. The van der Waals surface area contributed by atoms with Crippen LogP contribution in [0.5, 0.6) is 0 Å². The molecule has 0 saturated heterocycles. The van der Waals surface area contributed by atoms with Gasteiger partial charge in [0, 0.05) is 16.3 Å². The number of nitrogens with one attached hydrogen (secondary N) is 2. The van der Waals surface area contributed by atoms with Gasteiger partial charge in [0.1, 0.15) is 5.52 Å². The molecule has 0 atom stereocenters. The number of fused-ring (bicyclic) bond motifs is 1. The number of halogens is 2. The Bertz CT molecular complexity index is 1310. The molecule has 1 aromatic heterocycles. The van der Waals surface area contributed by atoms with Gasteiger partial charge >= 0.3 is 0 Å². The molecule has 2 N–H and O–H groups in total. The number of amides is 1. The van der Waals surface area contributed by atoms with Gasteiger partial charge in [-0.15, -0.1) is 0 Å². The fourth-order valence-corrected chi connectivity index (χ4v) is 3.82. The highest BCUT2D eigenvalue weighted by atomic mass is 35.5. The zero-order valence-electron chi connectivity index (χ0n) is 16.6. The Morgan fingerprint density at radius 1 is 1.00 bits per heavy atom. The molecule has 0 unspecified atom stereocenters. The first kappa shape index (κ1) is 21.3. The van der Waals surface area contributed by atoms with E-state index in [1.54, 1.807) is 30.3 Å². The molecule has 4 aromatic rings. The standard InChI is InChI=1S/C23H17Cl2N3O2S/c1-12-7-13(2)9-14(8-12)22-27-19-11-16(4-6-20(19)30-22)26-23(31)28-21(29)17-10-15(24)3-5-18(17)25/h3-11H,1-2H3,(H2,26,28,29,31). The maximum absolute atomic E-state index is 12.4. The van der Waals surface area contributed by atoms with Gasteiger partial charge in [-0.25, -0.2) is 4.98 Å². The van der Waals surface area contributed by atoms with E-state index < -0.39 is 5.91 Å². The predicted molar refractivity (Wildman–Crippen MR) is 129 cm³/mol. The molecule has 0 saturated carbocycles. The van der Waals surface area contributed by atoms with Crippen LogP contribution >= 0.6 is 35.4 Å². The summed E-state index contributed by atoms with van der Waals surface area (Å²) in [5.41, 5.74) is 5.43. The fourth-order valence-electron chi connectivity index (χ4n) is 3.23. The van der Waals surface area contributed by atoms with Crippen LogP contribution in [-0.4, -0.2) is 16.0 Å². The molecule has 8 heteroatoms. The number of carbonyl (C=O) groups is 1. The molecule has 5 nitrogen and oxygen atoms in total. The number of hydrogen-bond donors (Lipinski definition) is 2. The van der Waals surface area contributed by atoms with Crippen molar-refractivity contribution in [3.8, 4) is 11.5 Å². The van der Waals surface area contributed by atoms with Crippen LogP contribution in [0.15, 0.2) is 59.0 Å². The van der Waals surface area contributed by atoms with Crippen LogP contribution < -0.4 is 10.6 Å². The monoisotopic (exact) mass is 469 g/mol. The van der Waals surface area contributed by atoms with E-state index in [0.29, 0.717) is 27.7 Å². The summed E-state index contributed by atoms with van der Waals surface area (Å²) in [5.74, 6) is 0.0926. The van der Waals surface area contributed by atoms with Gasteiger partial charge in [-0.1, -0.05) is 40.4 Å². The van der Waals surface area contributed by atoms with E-state index in [1.807, 2.05) is 26.0 Å². The summed E-state index contributed by atoms with van der Waals surface area (Å²) in [6, 6.07) is 16.2. The molecule has 0 bridgehead atoms. The molecule has 0 radical (unpaired) electrons. The first-order valence-corrected chi connectivity index (χ1v) is 10.5. The molecular formula is C23H17Cl2N3O2S. The lowest BCUT2D eigenvalue weighted by Gasteiger charge is -2.10. The Balaban J connectivity index is 1.51. The van der Waals surface area contributed by atoms with E-state index in [9.17, 15) is 4.79 Å². The lowest BCUT2D eigenvalue weighted by atomic mass is 10.1. The number of carbonyl (C=O) groups excluding carboxylic acids is 1. The Kier molecular flexibility index (Phi) is 5.96. The number of oxazole rings is 1. The van der Waals surface area contributed by atoms with Crippen molar-refractivity contribution in [2.45, 2.75) is 13.8 Å². The smallest absolute Gasteiger partial charge is 0.258 e. The Morgan fingerprint density at radius 2 is 1.74 bits per heavy atom. The fraction of sp³-hybridized carbons (Fsp3) is 0.0870. The van der Waals surface area contributed by atoms with Crippen LogP contribution in [0.3, 0.4) is 0 Å². The van der Waals surface area contributed by atoms with E-state index in [2.05, 4.69) is 21.7 Å². The van der Waals surface area contributed by atoms with E-state index in [1.165, 1.54) is 6.07 Å². The van der Waals surface area contributed by atoms with Crippen molar-refractivity contribution < 1.29 is 9.21 Å². The van der Waals surface area contributed by atoms with Gasteiger partial charge in [0.25, 0.3) is 5.91 Å². The Labute approximate surface area is 194 Å². The SMILES string of the molecule is Cc1cc(C)cc(-c2nc3cc(NC(=S)NC(=O)c4cc(Cl)ccc4Cl)ccc3o2)c1. The second kappa shape index (κ2) is 8.67. The third-order valence-electron chi connectivity index (χ3n) is 4.51. The molecule has 0 aliphatic heterocycles. The lowest BCUT2D eigenvalue weighted by Crippen LogP contribution is -2.34. The number of anilines is 1. The van der Waals surface area contributed by atoms with Gasteiger partial charge in [0.15, 0.2) is 10.7 Å². The highest BCUT2D eigenvalue weighted by molar-refractivity contribution is 7.80. The van der Waals surface area contributed by atoms with Crippen LogP contribution in [-0.2, 0) is 0 Å². The highest BCUT2D eigenvalue weighted by Crippen LogP contribution is 2.27. The summed E-state index contributed by atoms with van der Waals surface area (Å²) < 4.78 is 5.90. The summed E-state index contributed by atoms with van der Waals surface area (Å²) in [4.78, 5) is 17.0. The zero-order valence-corrected chi connectivity index (χ0v) is 19.0. The van der Waals surface area contributed by atoms with Gasteiger partial charge in [-0.3, -0.25) is 10.1 Å². The van der Waals surface area contributed by atoms with Crippen LogP contribution in [0, 0.1) is 13.8 Å². The Hall–Kier alpha value is -2.93. The van der Waals surface area contributed by atoms with Gasteiger partial charge in [0.2, 0.25) is 5.89 Å². The van der Waals surface area contributed by atoms with E-state index in [0.717, 1.165) is 16.7 Å². The van der Waals surface area contributed by atoms with E-state index >= 15 is 0 Å². The van der Waals surface area contributed by atoms with Gasteiger partial charge in [-0.2, -0.15) is 0 Å². The van der Waals surface area contributed by atoms with Gasteiger partial charge < -0.3 is 9.73 Å². The second-order valence-corrected chi connectivity index (χ2v) is 8.36. The molecule has 156 valence electrons. The van der Waals surface area contributed by atoms with E-state index in [4.69, 9.17) is 39.8 Å². The molecule has 1 amide bonds. The van der Waals surface area contributed by atoms with Crippen molar-refractivity contribution >= 4 is 63.2 Å². The molecule has 0 fully saturated rings. The van der Waals surface area contributed by atoms with Crippen LogP contribution in [0.4, 0.5) is 5.69 Å². The molecule has 4 rings (SSSR count). The van der Waals surface area contributed by atoms with Crippen molar-refractivity contribution in [3.05, 3.63) is 81.3 Å². The predicted octanol–water partition coefficient (Wildman–Crippen LogP) is 6.55. The second-order valence-electron chi connectivity index (χ2n) is 7.11. The number of benzene rings is 3. The minimum Gasteiger partial charge on any atom is -0.436 e. The van der Waals surface area contributed by atoms with Crippen LogP contribution in [0.25, 0.3) is 22.6 Å². The minimum atomic E-state index is -0.454.